The third kappa shape index (κ3) is 7.43. The molecule has 0 spiro atoms. The normalized spacial score (nSPS) is 35.9. The van der Waals surface area contributed by atoms with Crippen LogP contribution in [0, 0.1) is 28.6 Å². The van der Waals surface area contributed by atoms with Crippen molar-refractivity contribution in [3.8, 4) is 0 Å². The van der Waals surface area contributed by atoms with Crippen LogP contribution >= 0.6 is 0 Å². The maximum absolute atomic E-state index is 12.7. The van der Waals surface area contributed by atoms with Gasteiger partial charge in [0.2, 0.25) is 0 Å². The van der Waals surface area contributed by atoms with Gasteiger partial charge in [-0.25, -0.2) is 0 Å². The van der Waals surface area contributed by atoms with Crippen molar-refractivity contribution in [2.24, 2.45) is 28.6 Å². The fraction of sp³-hybridized carbons (Fsp3) is 0.792. The van der Waals surface area contributed by atoms with E-state index in [0.717, 1.165) is 0 Å². The molecule has 3 saturated carbocycles. The number of Topliss-reactive ketones (excluding diaryl/α,β-unsaturated/α-hetero) is 2. The molecular weight excluding hydrogens is 510 g/mol. The van der Waals surface area contributed by atoms with Gasteiger partial charge in [0, 0.05) is 29.6 Å². The van der Waals surface area contributed by atoms with E-state index >= 15 is 0 Å². The fourth-order valence-corrected chi connectivity index (χ4v) is 6.90. The van der Waals surface area contributed by atoms with E-state index in [1.165, 1.54) is 0 Å². The predicted octanol–water partition coefficient (Wildman–Crippen LogP) is -5.13. The van der Waals surface area contributed by atoms with Crippen molar-refractivity contribution >= 4 is 29.5 Å². The average molecular weight is 547 g/mol. The summed E-state index contributed by atoms with van der Waals surface area (Å²) in [5, 5.41) is 56.4. The molecule has 0 bridgehead atoms. The summed E-state index contributed by atoms with van der Waals surface area (Å²) in [6.45, 7) is 2.83. The first-order valence-corrected chi connectivity index (χ1v) is 11.9. The molecule has 198 valence electrons. The van der Waals surface area contributed by atoms with E-state index in [2.05, 4.69) is 0 Å². The Morgan fingerprint density at radius 3 is 1.89 bits per heavy atom. The second kappa shape index (κ2) is 14.3. The molecule has 6 N–H and O–H groups in total. The smallest absolute Gasteiger partial charge is 0.481 e. The molecule has 0 aliphatic heterocycles. The van der Waals surface area contributed by atoms with Gasteiger partial charge in [-0.3, -0.25) is 24.0 Å². The minimum absolute atomic E-state index is 0. The van der Waals surface area contributed by atoms with Crippen LogP contribution < -0.4 is 59.1 Å². The number of carboxylic acids is 3. The van der Waals surface area contributed by atoms with E-state index in [0.29, 0.717) is 19.3 Å². The van der Waals surface area contributed by atoms with Gasteiger partial charge in [-0.1, -0.05) is 13.8 Å². The Bertz CT molecular complexity index is 867. The van der Waals surface area contributed by atoms with Crippen LogP contribution in [0.1, 0.15) is 71.6 Å². The zero-order valence-electron chi connectivity index (χ0n) is 22.1. The topological polar surface area (TPSA) is 207 Å². The molecule has 3 fully saturated rings. The number of ketones is 2. The van der Waals surface area contributed by atoms with Gasteiger partial charge in [-0.2, -0.15) is 0 Å². The second-order valence-corrected chi connectivity index (χ2v) is 10.5. The van der Waals surface area contributed by atoms with Crippen LogP contribution in [0.2, 0.25) is 0 Å². The first-order chi connectivity index (χ1) is 16.1. The quantitative estimate of drug-likeness (QED) is 0.159. The van der Waals surface area contributed by atoms with Crippen molar-refractivity contribution in [2.45, 2.75) is 83.3 Å². The standard InChI is InChI=1S/C20H30O7.C4H6O4.2Na/c1-18(7-6-16(25)26)14(23)4-3-11-12-5-8-20(27,15(24)10-21)19(12,2)9-13(22)17(11)18;5-3(6)1-2-4(7)8;;/h11-13,17,21-22,27H,3-10H2,1-2H3,(H,25,26);1-2H2,(H,5,6)(H,7,8);;/q;;2*+1. The Morgan fingerprint density at radius 1 is 0.919 bits per heavy atom. The number of fused-ring (bicyclic) bond motifs is 3. The van der Waals surface area contributed by atoms with Gasteiger partial charge in [0.05, 0.1) is 18.9 Å². The second-order valence-electron chi connectivity index (χ2n) is 10.5. The molecule has 37 heavy (non-hydrogen) atoms. The third-order valence-corrected chi connectivity index (χ3v) is 8.70. The number of hydrogen-bond donors (Lipinski definition) is 6. The Hall–Kier alpha value is -0.370. The molecule has 11 nitrogen and oxygen atoms in total. The van der Waals surface area contributed by atoms with Crippen molar-refractivity contribution in [1.82, 2.24) is 0 Å². The SMILES string of the molecule is CC1(CCC(=O)O)C(=O)CCC2C1C(O)CC1(C)C2CCC1(O)C(=O)CO.O=C(O)CCC(=O)O.[Na+].[Na+]. The van der Waals surface area contributed by atoms with Gasteiger partial charge in [0.15, 0.2) is 5.78 Å². The molecule has 0 aromatic rings. The Morgan fingerprint density at radius 2 is 1.43 bits per heavy atom. The number of hydrogen-bond acceptors (Lipinski definition) is 8. The predicted molar refractivity (Wildman–Crippen MR) is 119 cm³/mol. The molecule has 0 heterocycles. The van der Waals surface area contributed by atoms with Crippen LogP contribution in [0.4, 0.5) is 0 Å². The van der Waals surface area contributed by atoms with Crippen molar-refractivity contribution < 1.29 is 114 Å². The van der Waals surface area contributed by atoms with Gasteiger partial charge in [-0.05, 0) is 43.9 Å². The molecule has 0 aromatic heterocycles. The largest absolute Gasteiger partial charge is 1.00 e. The zero-order valence-corrected chi connectivity index (χ0v) is 26.1. The molecule has 0 saturated heterocycles. The van der Waals surface area contributed by atoms with Crippen LogP contribution in [0.5, 0.6) is 0 Å². The summed E-state index contributed by atoms with van der Waals surface area (Å²) in [5.41, 5.74) is -3.44. The van der Waals surface area contributed by atoms with E-state index in [9.17, 15) is 39.3 Å². The van der Waals surface area contributed by atoms with Crippen LogP contribution in [-0.4, -0.2) is 78.4 Å². The van der Waals surface area contributed by atoms with Crippen molar-refractivity contribution in [3.05, 3.63) is 0 Å². The summed E-state index contributed by atoms with van der Waals surface area (Å²) in [4.78, 5) is 55.4. The van der Waals surface area contributed by atoms with Crippen LogP contribution in [0.25, 0.3) is 0 Å². The summed E-state index contributed by atoms with van der Waals surface area (Å²) >= 11 is 0. The van der Waals surface area contributed by atoms with Crippen molar-refractivity contribution in [1.29, 1.82) is 0 Å². The van der Waals surface area contributed by atoms with Gasteiger partial charge >= 0.3 is 77.0 Å². The number of aliphatic hydroxyl groups is 3. The Balaban J connectivity index is 0.00000113. The molecule has 7 unspecified atom stereocenters. The molecule has 3 aliphatic rings. The monoisotopic (exact) mass is 546 g/mol. The Labute approximate surface area is 260 Å². The van der Waals surface area contributed by atoms with Gasteiger partial charge in [0.25, 0.3) is 0 Å². The first-order valence-electron chi connectivity index (χ1n) is 11.9. The van der Waals surface area contributed by atoms with Crippen molar-refractivity contribution in [2.75, 3.05) is 6.61 Å². The average Bonchev–Trinajstić information content (AvgIpc) is 3.04. The summed E-state index contributed by atoms with van der Waals surface area (Å²) in [6, 6.07) is 0. The molecule has 0 radical (unpaired) electrons. The van der Waals surface area contributed by atoms with E-state index < -0.39 is 52.8 Å². The molecule has 3 aliphatic carbocycles. The number of aliphatic carboxylic acids is 3. The van der Waals surface area contributed by atoms with Crippen LogP contribution in [0.15, 0.2) is 0 Å². The maximum atomic E-state index is 12.7. The molecule has 3 rings (SSSR count). The molecule has 0 amide bonds. The van der Waals surface area contributed by atoms with E-state index in [1.807, 2.05) is 6.92 Å². The maximum Gasteiger partial charge on any atom is 1.00 e. The van der Waals surface area contributed by atoms with E-state index in [1.54, 1.807) is 6.92 Å². The third-order valence-electron chi connectivity index (χ3n) is 8.70. The minimum atomic E-state index is -1.67. The van der Waals surface area contributed by atoms with E-state index in [4.69, 9.17) is 15.3 Å². The fourth-order valence-electron chi connectivity index (χ4n) is 6.90. The molecular formula is C24H36Na2O11+2. The van der Waals surface area contributed by atoms with E-state index in [-0.39, 0.29) is 121 Å². The molecule has 0 aromatic carbocycles. The van der Waals surface area contributed by atoms with Crippen molar-refractivity contribution in [3.63, 3.8) is 0 Å². The number of rotatable bonds is 8. The number of carbonyl (C=O) groups excluding carboxylic acids is 2. The van der Waals surface area contributed by atoms with Crippen LogP contribution in [-0.2, 0) is 24.0 Å². The summed E-state index contributed by atoms with van der Waals surface area (Å²) < 4.78 is 0. The summed E-state index contributed by atoms with van der Waals surface area (Å²) in [5.74, 6) is -4.22. The number of carboxylic acid groups (broad SMARTS) is 3. The van der Waals surface area contributed by atoms with Gasteiger partial charge < -0.3 is 30.6 Å². The molecule has 7 atom stereocenters. The minimum Gasteiger partial charge on any atom is -0.481 e. The Kier molecular flexibility index (Phi) is 14.2. The molecule has 13 heteroatoms. The van der Waals surface area contributed by atoms with Crippen LogP contribution in [0.3, 0.4) is 0 Å². The number of aliphatic hydroxyl groups excluding tert-OH is 2. The van der Waals surface area contributed by atoms with Gasteiger partial charge in [-0.15, -0.1) is 0 Å². The number of carbonyl (C=O) groups is 5. The van der Waals surface area contributed by atoms with Gasteiger partial charge in [0.1, 0.15) is 18.0 Å². The zero-order chi connectivity index (χ0) is 26.8. The first kappa shape index (κ1) is 36.6. The summed E-state index contributed by atoms with van der Waals surface area (Å²) in [7, 11) is 0. The summed E-state index contributed by atoms with van der Waals surface area (Å²) in [6.07, 6.45) is 0.446.